The number of nitrogens with zero attached hydrogens (tertiary/aromatic N) is 4. The van der Waals surface area contributed by atoms with Crippen molar-refractivity contribution in [2.45, 2.75) is 56.1 Å². The van der Waals surface area contributed by atoms with Crippen molar-refractivity contribution in [3.05, 3.63) is 42.1 Å². The minimum Gasteiger partial charge on any atom is -0.475 e. The number of carboxylic acid groups (broad SMARTS) is 2. The highest BCUT2D eigenvalue weighted by Gasteiger charge is 2.49. The number of aliphatic carboxylic acids is 2. The molecule has 2 fully saturated rings. The van der Waals surface area contributed by atoms with Gasteiger partial charge in [0.2, 0.25) is 0 Å². The molecule has 39 heavy (non-hydrogen) atoms. The maximum Gasteiger partial charge on any atom is 0.490 e. The minimum atomic E-state index is -5.08. The van der Waals surface area contributed by atoms with Gasteiger partial charge in [-0.1, -0.05) is 0 Å². The Balaban J connectivity index is 0.000000317. The number of carbonyl (C=O) groups is 2. The van der Waals surface area contributed by atoms with Crippen LogP contribution in [0.5, 0.6) is 5.88 Å². The van der Waals surface area contributed by atoms with Crippen LogP contribution in [0.25, 0.3) is 0 Å². The van der Waals surface area contributed by atoms with Crippen LogP contribution in [0.4, 0.5) is 30.7 Å². The van der Waals surface area contributed by atoms with Crippen molar-refractivity contribution in [1.82, 2.24) is 19.7 Å². The van der Waals surface area contributed by atoms with Gasteiger partial charge in [-0.2, -0.15) is 31.4 Å². The third kappa shape index (κ3) is 9.87. The number of likely N-dealkylation sites (tertiary alicyclic amines) is 1. The van der Waals surface area contributed by atoms with Crippen LogP contribution >= 0.6 is 11.8 Å². The summed E-state index contributed by atoms with van der Waals surface area (Å²) in [6.45, 7) is 7.31. The fourth-order valence-electron chi connectivity index (χ4n) is 3.59. The topological polar surface area (TPSA) is 118 Å². The summed E-state index contributed by atoms with van der Waals surface area (Å²) in [4.78, 5) is 24.2. The normalized spacial score (nSPS) is 18.5. The van der Waals surface area contributed by atoms with E-state index in [2.05, 4.69) is 35.0 Å². The number of rotatable bonds is 5. The Labute approximate surface area is 221 Å². The molecular formula is C22H25F7N4O5S. The zero-order valence-electron chi connectivity index (χ0n) is 20.5. The fourth-order valence-corrected chi connectivity index (χ4v) is 5.17. The average Bonchev–Trinajstić information content (AvgIpc) is 3.43. The molecule has 2 aliphatic rings. The van der Waals surface area contributed by atoms with Gasteiger partial charge < -0.3 is 14.9 Å². The Morgan fingerprint density at radius 1 is 1.15 bits per heavy atom. The first-order chi connectivity index (χ1) is 17.9. The molecule has 2 aromatic heterocycles. The van der Waals surface area contributed by atoms with Gasteiger partial charge in [-0.25, -0.2) is 19.0 Å². The summed E-state index contributed by atoms with van der Waals surface area (Å²) >= 11 is 1.95. The minimum absolute atomic E-state index is 0.0419. The Kier molecular flexibility index (Phi) is 10.6. The fraction of sp³-hybridized carbons (Fsp3) is 0.545. The maximum absolute atomic E-state index is 13.7. The lowest BCUT2D eigenvalue weighted by atomic mass is 9.92. The van der Waals surface area contributed by atoms with Crippen LogP contribution in [-0.2, 0) is 16.1 Å². The summed E-state index contributed by atoms with van der Waals surface area (Å²) in [6.07, 6.45) is -3.51. The zero-order chi connectivity index (χ0) is 29.6. The van der Waals surface area contributed by atoms with Gasteiger partial charge in [0.25, 0.3) is 5.88 Å². The molecule has 0 aliphatic carbocycles. The molecule has 2 saturated heterocycles. The molecule has 4 rings (SSSR count). The van der Waals surface area contributed by atoms with Crippen LogP contribution in [0.3, 0.4) is 0 Å². The van der Waals surface area contributed by atoms with Crippen molar-refractivity contribution in [3.8, 4) is 5.88 Å². The van der Waals surface area contributed by atoms with Crippen molar-refractivity contribution in [2.24, 2.45) is 0 Å². The van der Waals surface area contributed by atoms with Crippen LogP contribution in [-0.4, -0.2) is 83.9 Å². The second kappa shape index (κ2) is 12.8. The van der Waals surface area contributed by atoms with Crippen LogP contribution in [0.1, 0.15) is 31.9 Å². The highest BCUT2D eigenvalue weighted by atomic mass is 32.2. The van der Waals surface area contributed by atoms with Gasteiger partial charge >= 0.3 is 24.3 Å². The van der Waals surface area contributed by atoms with Gasteiger partial charge in [0, 0.05) is 60.6 Å². The molecule has 1 spiro atoms. The summed E-state index contributed by atoms with van der Waals surface area (Å²) in [5.74, 6) is -4.87. The number of alkyl halides is 6. The molecule has 2 aliphatic heterocycles. The van der Waals surface area contributed by atoms with E-state index in [0.29, 0.717) is 6.04 Å². The molecule has 218 valence electrons. The molecule has 0 aromatic carbocycles. The summed E-state index contributed by atoms with van der Waals surface area (Å²) in [7, 11) is 0. The highest BCUT2D eigenvalue weighted by Crippen LogP contribution is 2.46. The van der Waals surface area contributed by atoms with Gasteiger partial charge in [-0.3, -0.25) is 9.58 Å². The van der Waals surface area contributed by atoms with Gasteiger partial charge in [0.15, 0.2) is 5.82 Å². The van der Waals surface area contributed by atoms with Gasteiger partial charge in [0.05, 0.1) is 6.20 Å². The molecule has 2 aromatic rings. The maximum atomic E-state index is 13.7. The molecule has 2 N–H and O–H groups in total. The third-order valence-electron chi connectivity index (χ3n) is 5.28. The van der Waals surface area contributed by atoms with Crippen molar-refractivity contribution in [2.75, 3.05) is 18.8 Å². The molecular weight excluding hydrogens is 565 g/mol. The average molecular weight is 591 g/mol. The number of carboxylic acids is 2. The monoisotopic (exact) mass is 590 g/mol. The van der Waals surface area contributed by atoms with Crippen LogP contribution < -0.4 is 4.74 Å². The molecule has 4 heterocycles. The Morgan fingerprint density at radius 2 is 1.72 bits per heavy atom. The lowest BCUT2D eigenvalue weighted by Crippen LogP contribution is -2.58. The predicted octanol–water partition coefficient (Wildman–Crippen LogP) is 4.40. The summed E-state index contributed by atoms with van der Waals surface area (Å²) < 4.78 is 85.2. The van der Waals surface area contributed by atoms with E-state index >= 15 is 0 Å². The van der Waals surface area contributed by atoms with Gasteiger partial charge in [-0.15, -0.1) is 11.8 Å². The molecule has 0 bridgehead atoms. The highest BCUT2D eigenvalue weighted by molar-refractivity contribution is 8.01. The second-order valence-corrected chi connectivity index (χ2v) is 10.4. The predicted molar refractivity (Wildman–Crippen MR) is 124 cm³/mol. The number of ether oxygens (including phenoxy) is 1. The van der Waals surface area contributed by atoms with E-state index in [1.807, 2.05) is 22.6 Å². The first kappa shape index (κ1) is 32.1. The van der Waals surface area contributed by atoms with Gasteiger partial charge in [-0.05, 0) is 26.0 Å². The van der Waals surface area contributed by atoms with Crippen LogP contribution in [0.2, 0.25) is 0 Å². The molecule has 1 atom stereocenters. The first-order valence-electron chi connectivity index (χ1n) is 11.2. The Morgan fingerprint density at radius 3 is 2.18 bits per heavy atom. The Hall–Kier alpha value is -3.08. The molecule has 1 unspecified atom stereocenters. The molecule has 9 nitrogen and oxygen atoms in total. The number of thioether (sulfide) groups is 1. The standard InChI is InChI=1S/C18H23FN4OS.2C2HF3O2/c1-13(2)23-9-14(7-21-23)8-22-11-18(12-22)6-15(10-25-18)24-17-16(19)4-3-5-20-17;2*3-2(4,5)1(6)7/h3-5,7,9,13,15H,6,8,10-12H2,1-2H3;2*(H,6,7). The SMILES string of the molecule is CC(C)n1cc(CN2CC3(CC(Oc4ncccc4F)CS3)C2)cn1.O=C(O)C(F)(F)F.O=C(O)C(F)(F)F. The van der Waals surface area contributed by atoms with Gasteiger partial charge in [0.1, 0.15) is 6.10 Å². The zero-order valence-corrected chi connectivity index (χ0v) is 21.4. The van der Waals surface area contributed by atoms with E-state index in [0.717, 1.165) is 31.8 Å². The van der Waals surface area contributed by atoms with Crippen molar-refractivity contribution >= 4 is 23.7 Å². The van der Waals surface area contributed by atoms with E-state index in [9.17, 15) is 30.7 Å². The van der Waals surface area contributed by atoms with E-state index in [1.54, 1.807) is 12.3 Å². The molecule has 17 heteroatoms. The second-order valence-electron chi connectivity index (χ2n) is 8.90. The quantitative estimate of drug-likeness (QED) is 0.489. The van der Waals surface area contributed by atoms with E-state index in [4.69, 9.17) is 24.5 Å². The number of hydrogen-bond acceptors (Lipinski definition) is 7. The largest absolute Gasteiger partial charge is 0.490 e. The van der Waals surface area contributed by atoms with Crippen molar-refractivity contribution in [1.29, 1.82) is 0 Å². The molecule has 0 radical (unpaired) electrons. The number of aromatic nitrogens is 3. The molecule has 0 amide bonds. The third-order valence-corrected chi connectivity index (χ3v) is 6.85. The summed E-state index contributed by atoms with van der Waals surface area (Å²) in [6, 6.07) is 3.37. The lowest BCUT2D eigenvalue weighted by Gasteiger charge is -2.47. The summed E-state index contributed by atoms with van der Waals surface area (Å²) in [5.41, 5.74) is 1.26. The van der Waals surface area contributed by atoms with E-state index in [1.165, 1.54) is 11.6 Å². The van der Waals surface area contributed by atoms with Crippen molar-refractivity contribution < 1.29 is 55.3 Å². The van der Waals surface area contributed by atoms with Crippen LogP contribution in [0, 0.1) is 5.82 Å². The van der Waals surface area contributed by atoms with E-state index < -0.39 is 24.3 Å². The van der Waals surface area contributed by atoms with Crippen molar-refractivity contribution in [3.63, 3.8) is 0 Å². The van der Waals surface area contributed by atoms with E-state index in [-0.39, 0.29) is 22.5 Å². The number of halogens is 7. The molecule has 0 saturated carbocycles. The summed E-state index contributed by atoms with van der Waals surface area (Å²) in [5, 5.41) is 18.7. The smallest absolute Gasteiger partial charge is 0.475 e. The van der Waals surface area contributed by atoms with Crippen LogP contribution in [0.15, 0.2) is 30.7 Å². The number of pyridine rings is 1. The lowest BCUT2D eigenvalue weighted by molar-refractivity contribution is -0.193. The first-order valence-corrected chi connectivity index (χ1v) is 12.2. The number of hydrogen-bond donors (Lipinski definition) is 2. The Bertz CT molecular complexity index is 1100.